The Morgan fingerprint density at radius 1 is 1.27 bits per heavy atom. The van der Waals surface area contributed by atoms with Crippen LogP contribution >= 0.6 is 12.4 Å². The first-order valence-corrected chi connectivity index (χ1v) is 7.75. The van der Waals surface area contributed by atoms with Gasteiger partial charge in [-0.3, -0.25) is 4.79 Å². The Labute approximate surface area is 140 Å². The molecule has 5 heteroatoms. The highest BCUT2D eigenvalue weighted by Gasteiger charge is 2.26. The highest BCUT2D eigenvalue weighted by Crippen LogP contribution is 2.08. The Balaban J connectivity index is 0.00000441. The smallest absolute Gasteiger partial charge is 0.239 e. The molecule has 0 saturated heterocycles. The van der Waals surface area contributed by atoms with E-state index in [0.717, 1.165) is 19.3 Å². The van der Waals surface area contributed by atoms with Gasteiger partial charge < -0.3 is 15.8 Å². The van der Waals surface area contributed by atoms with Gasteiger partial charge in [-0.1, -0.05) is 43.7 Å². The summed E-state index contributed by atoms with van der Waals surface area (Å²) >= 11 is 0. The Hall–Kier alpha value is -1.10. The van der Waals surface area contributed by atoms with Crippen molar-refractivity contribution >= 4 is 18.3 Å². The molecule has 1 unspecified atom stereocenters. The first-order valence-electron chi connectivity index (χ1n) is 7.75. The summed E-state index contributed by atoms with van der Waals surface area (Å²) in [5.74, 6) is -0.0753. The van der Waals surface area contributed by atoms with Crippen molar-refractivity contribution in [3.8, 4) is 0 Å². The van der Waals surface area contributed by atoms with Gasteiger partial charge in [-0.2, -0.15) is 0 Å². The second kappa shape index (κ2) is 11.5. The van der Waals surface area contributed by atoms with Crippen LogP contribution in [0.5, 0.6) is 0 Å². The van der Waals surface area contributed by atoms with Gasteiger partial charge in [-0.05, 0) is 31.7 Å². The van der Waals surface area contributed by atoms with Gasteiger partial charge >= 0.3 is 0 Å². The van der Waals surface area contributed by atoms with Gasteiger partial charge in [-0.25, -0.2) is 0 Å². The standard InChI is InChI=1S/C17H28N2O2.ClH/c1-3-11-17(2,18)16(20)19-12-7-13-21-14-10-15-8-5-4-6-9-15;/h4-6,8-9H,3,7,10-14,18H2,1-2H3,(H,19,20);1H. The fourth-order valence-electron chi connectivity index (χ4n) is 2.15. The van der Waals surface area contributed by atoms with E-state index in [1.807, 2.05) is 25.1 Å². The molecule has 126 valence electrons. The van der Waals surface area contributed by atoms with Crippen LogP contribution in [0.25, 0.3) is 0 Å². The largest absolute Gasteiger partial charge is 0.381 e. The first kappa shape index (κ1) is 20.9. The fourth-order valence-corrected chi connectivity index (χ4v) is 2.15. The summed E-state index contributed by atoms with van der Waals surface area (Å²) in [6.45, 7) is 5.78. The molecule has 1 rings (SSSR count). The first-order chi connectivity index (χ1) is 10.1. The van der Waals surface area contributed by atoms with Gasteiger partial charge in [0.1, 0.15) is 0 Å². The lowest BCUT2D eigenvalue weighted by Crippen LogP contribution is -2.51. The molecule has 0 aliphatic carbocycles. The fraction of sp³-hybridized carbons (Fsp3) is 0.588. The molecule has 0 aliphatic rings. The number of benzene rings is 1. The van der Waals surface area contributed by atoms with Crippen LogP contribution in [0, 0.1) is 0 Å². The molecule has 0 aliphatic heterocycles. The zero-order chi connectivity index (χ0) is 15.6. The maximum Gasteiger partial charge on any atom is 0.239 e. The molecule has 0 radical (unpaired) electrons. The van der Waals surface area contributed by atoms with Crippen LogP contribution < -0.4 is 11.1 Å². The lowest BCUT2D eigenvalue weighted by Gasteiger charge is -2.22. The monoisotopic (exact) mass is 328 g/mol. The van der Waals surface area contributed by atoms with Gasteiger partial charge in [-0.15, -0.1) is 12.4 Å². The summed E-state index contributed by atoms with van der Waals surface area (Å²) in [4.78, 5) is 11.9. The Kier molecular flexibility index (Phi) is 10.9. The molecule has 0 bridgehead atoms. The molecule has 1 atom stereocenters. The van der Waals surface area contributed by atoms with E-state index in [9.17, 15) is 4.79 Å². The van der Waals surface area contributed by atoms with Crippen molar-refractivity contribution in [3.63, 3.8) is 0 Å². The van der Waals surface area contributed by atoms with E-state index in [1.54, 1.807) is 6.92 Å². The third-order valence-electron chi connectivity index (χ3n) is 3.42. The quantitative estimate of drug-likeness (QED) is 0.649. The second-order valence-electron chi connectivity index (χ2n) is 5.62. The van der Waals surface area contributed by atoms with Gasteiger partial charge in [0.15, 0.2) is 0 Å². The van der Waals surface area contributed by atoms with E-state index in [4.69, 9.17) is 10.5 Å². The topological polar surface area (TPSA) is 64.4 Å². The molecule has 0 heterocycles. The van der Waals surface area contributed by atoms with Crippen molar-refractivity contribution in [1.29, 1.82) is 0 Å². The molecule has 1 aromatic rings. The number of nitrogens with two attached hydrogens (primary N) is 1. The number of carbonyl (C=O) groups is 1. The average molecular weight is 329 g/mol. The summed E-state index contributed by atoms with van der Waals surface area (Å²) in [5, 5.41) is 2.87. The number of rotatable bonds is 10. The minimum Gasteiger partial charge on any atom is -0.381 e. The van der Waals surface area contributed by atoms with E-state index in [-0.39, 0.29) is 18.3 Å². The zero-order valence-electron chi connectivity index (χ0n) is 13.6. The van der Waals surface area contributed by atoms with Crippen LogP contribution in [0.2, 0.25) is 0 Å². The summed E-state index contributed by atoms with van der Waals surface area (Å²) in [7, 11) is 0. The summed E-state index contributed by atoms with van der Waals surface area (Å²) in [6.07, 6.45) is 3.34. The van der Waals surface area contributed by atoms with Crippen LogP contribution in [0.15, 0.2) is 30.3 Å². The van der Waals surface area contributed by atoms with Gasteiger partial charge in [0.25, 0.3) is 0 Å². The maximum absolute atomic E-state index is 11.9. The van der Waals surface area contributed by atoms with Gasteiger partial charge in [0.2, 0.25) is 5.91 Å². The average Bonchev–Trinajstić information content (AvgIpc) is 2.47. The molecular formula is C17H29ClN2O2. The lowest BCUT2D eigenvalue weighted by atomic mass is 9.96. The Morgan fingerprint density at radius 3 is 2.59 bits per heavy atom. The number of hydrogen-bond acceptors (Lipinski definition) is 3. The van der Waals surface area contributed by atoms with Crippen molar-refractivity contribution < 1.29 is 9.53 Å². The van der Waals surface area contributed by atoms with E-state index in [0.29, 0.717) is 26.2 Å². The number of ether oxygens (including phenoxy) is 1. The molecule has 0 saturated carbocycles. The third-order valence-corrected chi connectivity index (χ3v) is 3.42. The van der Waals surface area contributed by atoms with Gasteiger partial charge in [0.05, 0.1) is 12.1 Å². The molecule has 22 heavy (non-hydrogen) atoms. The second-order valence-corrected chi connectivity index (χ2v) is 5.62. The lowest BCUT2D eigenvalue weighted by molar-refractivity contribution is -0.126. The van der Waals surface area contributed by atoms with Crippen LogP contribution in [0.4, 0.5) is 0 Å². The number of hydrogen-bond donors (Lipinski definition) is 2. The van der Waals surface area contributed by atoms with E-state index >= 15 is 0 Å². The van der Waals surface area contributed by atoms with Crippen LogP contribution in [0.3, 0.4) is 0 Å². The molecule has 1 amide bonds. The highest BCUT2D eigenvalue weighted by atomic mass is 35.5. The van der Waals surface area contributed by atoms with Crippen LogP contribution in [0.1, 0.15) is 38.7 Å². The van der Waals surface area contributed by atoms with E-state index < -0.39 is 5.54 Å². The Bertz CT molecular complexity index is 410. The predicted molar refractivity (Wildman–Crippen MR) is 93.3 cm³/mol. The minimum absolute atomic E-state index is 0. The SMILES string of the molecule is CCCC(C)(N)C(=O)NCCCOCCc1ccccc1.Cl. The van der Waals surface area contributed by atoms with Crippen molar-refractivity contribution in [1.82, 2.24) is 5.32 Å². The Morgan fingerprint density at radius 2 is 1.95 bits per heavy atom. The number of amides is 1. The number of halogens is 1. The molecule has 4 nitrogen and oxygen atoms in total. The van der Waals surface area contributed by atoms with Crippen molar-refractivity contribution in [2.45, 2.75) is 45.1 Å². The molecule has 0 fully saturated rings. The molecule has 1 aromatic carbocycles. The normalized spacial score (nSPS) is 13.0. The maximum atomic E-state index is 11.9. The summed E-state index contributed by atoms with van der Waals surface area (Å²) in [6, 6.07) is 10.3. The molecule has 0 aromatic heterocycles. The number of nitrogens with one attached hydrogen (secondary N) is 1. The van der Waals surface area contributed by atoms with Crippen molar-refractivity contribution in [2.24, 2.45) is 5.73 Å². The third kappa shape index (κ3) is 8.37. The highest BCUT2D eigenvalue weighted by molar-refractivity contribution is 5.85. The summed E-state index contributed by atoms with van der Waals surface area (Å²) in [5.41, 5.74) is 6.48. The molecule has 0 spiro atoms. The van der Waals surface area contributed by atoms with Crippen LogP contribution in [-0.2, 0) is 16.0 Å². The van der Waals surface area contributed by atoms with Crippen LogP contribution in [-0.4, -0.2) is 31.2 Å². The minimum atomic E-state index is -0.761. The van der Waals surface area contributed by atoms with Crippen molar-refractivity contribution in [3.05, 3.63) is 35.9 Å². The molecule has 3 N–H and O–H groups in total. The summed E-state index contributed by atoms with van der Waals surface area (Å²) < 4.78 is 5.57. The van der Waals surface area contributed by atoms with E-state index in [2.05, 4.69) is 17.4 Å². The number of carbonyl (C=O) groups excluding carboxylic acids is 1. The van der Waals surface area contributed by atoms with Gasteiger partial charge in [0, 0.05) is 13.2 Å². The van der Waals surface area contributed by atoms with Crippen molar-refractivity contribution in [2.75, 3.05) is 19.8 Å². The van der Waals surface area contributed by atoms with E-state index in [1.165, 1.54) is 5.56 Å². The predicted octanol–water partition coefficient (Wildman–Crippen LogP) is 2.69. The molecular weight excluding hydrogens is 300 g/mol. The zero-order valence-corrected chi connectivity index (χ0v) is 14.5.